The van der Waals surface area contributed by atoms with E-state index < -0.39 is 0 Å². The van der Waals surface area contributed by atoms with Crippen LogP contribution in [-0.2, 0) is 0 Å². The molecular weight excluding hydrogens is 208 g/mol. The van der Waals surface area contributed by atoms with Gasteiger partial charge in [-0.05, 0) is 81.1 Å². The highest BCUT2D eigenvalue weighted by Crippen LogP contribution is 2.48. The molecule has 2 nitrogen and oxygen atoms in total. The van der Waals surface area contributed by atoms with Gasteiger partial charge in [-0.15, -0.1) is 0 Å². The van der Waals surface area contributed by atoms with Crippen LogP contribution in [0.5, 0.6) is 0 Å². The van der Waals surface area contributed by atoms with E-state index in [9.17, 15) is 0 Å². The predicted octanol–water partition coefficient (Wildman–Crippen LogP) is 2.14. The topological polar surface area (TPSA) is 38.0 Å². The van der Waals surface area contributed by atoms with Crippen molar-refractivity contribution in [3.05, 3.63) is 0 Å². The molecule has 0 aromatic carbocycles. The molecule has 0 aromatic heterocycles. The largest absolute Gasteiger partial charge is 0.327 e. The van der Waals surface area contributed by atoms with Crippen molar-refractivity contribution >= 4 is 0 Å². The van der Waals surface area contributed by atoms with E-state index in [0.717, 1.165) is 35.6 Å². The average molecular weight is 234 g/mol. The van der Waals surface area contributed by atoms with Gasteiger partial charge in [0.15, 0.2) is 0 Å². The lowest BCUT2D eigenvalue weighted by atomic mass is 9.84. The monoisotopic (exact) mass is 234 g/mol. The van der Waals surface area contributed by atoms with Crippen molar-refractivity contribution in [1.29, 1.82) is 0 Å². The first kappa shape index (κ1) is 10.8. The van der Waals surface area contributed by atoms with Crippen LogP contribution in [0.4, 0.5) is 0 Å². The molecule has 4 aliphatic rings. The van der Waals surface area contributed by atoms with Crippen LogP contribution in [-0.4, -0.2) is 18.6 Å². The summed E-state index contributed by atoms with van der Waals surface area (Å²) in [6, 6.07) is 1.38. The summed E-state index contributed by atoms with van der Waals surface area (Å²) >= 11 is 0. The van der Waals surface area contributed by atoms with Gasteiger partial charge in [-0.3, -0.25) is 0 Å². The summed E-state index contributed by atoms with van der Waals surface area (Å²) in [6.45, 7) is 1.22. The SMILES string of the molecule is NC1C2CCC(C2)C1CNC(C1CC1)C1CC1. The molecule has 0 aromatic rings. The van der Waals surface area contributed by atoms with E-state index in [0.29, 0.717) is 6.04 Å². The van der Waals surface area contributed by atoms with Gasteiger partial charge in [0.1, 0.15) is 0 Å². The lowest BCUT2D eigenvalue weighted by Crippen LogP contribution is -2.45. The minimum Gasteiger partial charge on any atom is -0.327 e. The zero-order valence-corrected chi connectivity index (χ0v) is 10.8. The smallest absolute Gasteiger partial charge is 0.0124 e. The first-order valence-corrected chi connectivity index (χ1v) is 7.82. The van der Waals surface area contributed by atoms with E-state index in [-0.39, 0.29) is 0 Å². The fraction of sp³-hybridized carbons (Fsp3) is 1.00. The molecule has 17 heavy (non-hydrogen) atoms. The van der Waals surface area contributed by atoms with Gasteiger partial charge in [0.05, 0.1) is 0 Å². The maximum atomic E-state index is 6.39. The second-order valence-electron chi connectivity index (χ2n) is 7.18. The van der Waals surface area contributed by atoms with Crippen molar-refractivity contribution in [3.8, 4) is 0 Å². The number of fused-ring (bicyclic) bond motifs is 2. The predicted molar refractivity (Wildman–Crippen MR) is 69.5 cm³/mol. The Kier molecular flexibility index (Phi) is 2.52. The molecule has 96 valence electrons. The van der Waals surface area contributed by atoms with Gasteiger partial charge in [0.2, 0.25) is 0 Å². The zero-order valence-electron chi connectivity index (χ0n) is 10.8. The third-order valence-corrected chi connectivity index (χ3v) is 6.01. The van der Waals surface area contributed by atoms with Crippen molar-refractivity contribution in [3.63, 3.8) is 0 Å². The van der Waals surface area contributed by atoms with Crippen LogP contribution in [0.3, 0.4) is 0 Å². The van der Waals surface area contributed by atoms with Crippen LogP contribution >= 0.6 is 0 Å². The van der Waals surface area contributed by atoms with E-state index in [1.165, 1.54) is 51.5 Å². The molecule has 4 aliphatic carbocycles. The Bertz CT molecular complexity index is 281. The summed E-state index contributed by atoms with van der Waals surface area (Å²) in [5, 5.41) is 3.92. The summed E-state index contributed by atoms with van der Waals surface area (Å²) in [5.41, 5.74) is 6.39. The minimum atomic E-state index is 0.514. The molecule has 4 unspecified atom stereocenters. The summed E-state index contributed by atoms with van der Waals surface area (Å²) < 4.78 is 0. The number of nitrogens with two attached hydrogens (primary N) is 1. The van der Waals surface area contributed by atoms with Crippen molar-refractivity contribution < 1.29 is 0 Å². The molecule has 0 heterocycles. The average Bonchev–Trinajstić information content (AvgIpc) is 3.24. The normalized spacial score (nSPS) is 44.8. The van der Waals surface area contributed by atoms with Gasteiger partial charge in [-0.2, -0.15) is 0 Å². The third-order valence-electron chi connectivity index (χ3n) is 6.01. The Morgan fingerprint density at radius 2 is 1.59 bits per heavy atom. The van der Waals surface area contributed by atoms with Gasteiger partial charge in [-0.1, -0.05) is 0 Å². The molecule has 4 atom stereocenters. The first-order chi connectivity index (χ1) is 8.33. The van der Waals surface area contributed by atoms with Crippen LogP contribution in [0, 0.1) is 29.6 Å². The minimum absolute atomic E-state index is 0.514. The fourth-order valence-corrected chi connectivity index (χ4v) is 4.66. The van der Waals surface area contributed by atoms with Crippen molar-refractivity contribution in [2.75, 3.05) is 6.54 Å². The number of nitrogens with one attached hydrogen (secondary N) is 1. The van der Waals surface area contributed by atoms with Crippen LogP contribution in [0.25, 0.3) is 0 Å². The maximum absolute atomic E-state index is 6.39. The summed E-state index contributed by atoms with van der Waals surface area (Å²) in [7, 11) is 0. The number of rotatable bonds is 5. The Labute approximate surface area is 105 Å². The second-order valence-corrected chi connectivity index (χ2v) is 7.18. The van der Waals surface area contributed by atoms with Crippen molar-refractivity contribution in [2.45, 2.75) is 57.0 Å². The Morgan fingerprint density at radius 3 is 2.12 bits per heavy atom. The molecule has 4 fully saturated rings. The Morgan fingerprint density at radius 1 is 0.941 bits per heavy atom. The zero-order chi connectivity index (χ0) is 11.4. The highest BCUT2D eigenvalue weighted by Gasteiger charge is 2.47. The van der Waals surface area contributed by atoms with E-state index >= 15 is 0 Å². The molecule has 3 N–H and O–H groups in total. The quantitative estimate of drug-likeness (QED) is 0.765. The molecule has 0 aliphatic heterocycles. The molecule has 4 rings (SSSR count). The van der Waals surface area contributed by atoms with Gasteiger partial charge >= 0.3 is 0 Å². The number of hydrogen-bond donors (Lipinski definition) is 2. The molecular formula is C15H26N2. The maximum Gasteiger partial charge on any atom is 0.0124 e. The summed E-state index contributed by atoms with van der Waals surface area (Å²) in [5.74, 6) is 4.68. The fourth-order valence-electron chi connectivity index (χ4n) is 4.66. The second kappa shape index (κ2) is 3.96. The van der Waals surface area contributed by atoms with E-state index in [1.54, 1.807) is 0 Å². The van der Waals surface area contributed by atoms with Gasteiger partial charge < -0.3 is 11.1 Å². The summed E-state index contributed by atoms with van der Waals surface area (Å²) in [4.78, 5) is 0. The summed E-state index contributed by atoms with van der Waals surface area (Å²) in [6.07, 6.45) is 10.2. The molecule has 0 saturated heterocycles. The van der Waals surface area contributed by atoms with Crippen LogP contribution in [0.15, 0.2) is 0 Å². The first-order valence-electron chi connectivity index (χ1n) is 7.82. The van der Waals surface area contributed by atoms with Crippen LogP contribution in [0.1, 0.15) is 44.9 Å². The standard InChI is InChI=1S/C15H26N2/c16-14-12-6-5-11(7-12)13(14)8-17-15(9-1-2-9)10-3-4-10/h9-15,17H,1-8,16H2. The molecule has 2 heteroatoms. The van der Waals surface area contributed by atoms with Crippen LogP contribution in [0.2, 0.25) is 0 Å². The van der Waals surface area contributed by atoms with E-state index in [4.69, 9.17) is 5.73 Å². The Balaban J connectivity index is 1.34. The number of hydrogen-bond acceptors (Lipinski definition) is 2. The van der Waals surface area contributed by atoms with Gasteiger partial charge in [0.25, 0.3) is 0 Å². The lowest BCUT2D eigenvalue weighted by molar-refractivity contribution is 0.259. The van der Waals surface area contributed by atoms with Crippen LogP contribution < -0.4 is 11.1 Å². The molecule has 0 radical (unpaired) electrons. The molecule has 4 saturated carbocycles. The van der Waals surface area contributed by atoms with E-state index in [1.807, 2.05) is 0 Å². The van der Waals surface area contributed by atoms with Gasteiger partial charge in [-0.25, -0.2) is 0 Å². The lowest BCUT2D eigenvalue weighted by Gasteiger charge is -2.30. The molecule has 2 bridgehead atoms. The highest BCUT2D eigenvalue weighted by atomic mass is 15.0. The molecule has 0 spiro atoms. The third kappa shape index (κ3) is 1.94. The van der Waals surface area contributed by atoms with E-state index in [2.05, 4.69) is 5.32 Å². The van der Waals surface area contributed by atoms with Crippen molar-refractivity contribution in [1.82, 2.24) is 5.32 Å². The highest BCUT2D eigenvalue weighted by molar-refractivity contribution is 5.02. The Hall–Kier alpha value is -0.0800. The van der Waals surface area contributed by atoms with Crippen molar-refractivity contribution in [2.24, 2.45) is 35.3 Å². The molecule has 0 amide bonds. The van der Waals surface area contributed by atoms with Gasteiger partial charge in [0, 0.05) is 12.1 Å².